The third-order valence-electron chi connectivity index (χ3n) is 3.32. The van der Waals surface area contributed by atoms with E-state index in [-0.39, 0.29) is 0 Å². The maximum absolute atomic E-state index is 6.17. The lowest BCUT2D eigenvalue weighted by molar-refractivity contribution is 0.690. The van der Waals surface area contributed by atoms with Gasteiger partial charge in [-0.25, -0.2) is 0 Å². The van der Waals surface area contributed by atoms with Gasteiger partial charge in [0, 0.05) is 21.8 Å². The van der Waals surface area contributed by atoms with Crippen LogP contribution in [0.15, 0.2) is 59.2 Å². The molecule has 1 aromatic heterocycles. The molecule has 0 unspecified atom stereocenters. The third-order valence-corrected chi connectivity index (χ3v) is 4.58. The fraction of sp³-hybridized carbons (Fsp3) is 0.0588. The zero-order chi connectivity index (χ0) is 17.8. The number of rotatable bonds is 4. The number of anilines is 2. The van der Waals surface area contributed by atoms with Gasteiger partial charge in [-0.2, -0.15) is 5.10 Å². The number of nitrogens with one attached hydrogen (secondary N) is 2. The first-order chi connectivity index (χ1) is 12.0. The average molecular weight is 456 g/mol. The van der Waals surface area contributed by atoms with E-state index in [1.807, 2.05) is 53.3 Å². The van der Waals surface area contributed by atoms with Crippen LogP contribution in [0.1, 0.15) is 5.56 Å². The number of thiocarbonyl (C=S) groups is 1. The van der Waals surface area contributed by atoms with E-state index in [4.69, 9.17) is 35.4 Å². The van der Waals surface area contributed by atoms with E-state index in [2.05, 4.69) is 31.7 Å². The van der Waals surface area contributed by atoms with E-state index < -0.39 is 0 Å². The molecule has 0 bridgehead atoms. The van der Waals surface area contributed by atoms with Crippen molar-refractivity contribution in [1.82, 2.24) is 9.78 Å². The van der Waals surface area contributed by atoms with Gasteiger partial charge in [-0.1, -0.05) is 51.3 Å². The molecule has 3 aromatic rings. The summed E-state index contributed by atoms with van der Waals surface area (Å²) >= 11 is 20.7. The molecule has 25 heavy (non-hydrogen) atoms. The predicted octanol–water partition coefficient (Wildman–Crippen LogP) is 5.81. The summed E-state index contributed by atoms with van der Waals surface area (Å²) in [5.74, 6) is 0.652. The van der Waals surface area contributed by atoms with Gasteiger partial charge in [0.15, 0.2) is 10.9 Å². The minimum atomic E-state index is 0.418. The van der Waals surface area contributed by atoms with Gasteiger partial charge >= 0.3 is 0 Å². The molecule has 8 heteroatoms. The highest BCUT2D eigenvalue weighted by molar-refractivity contribution is 9.10. The molecule has 0 aliphatic heterocycles. The summed E-state index contributed by atoms with van der Waals surface area (Å²) in [7, 11) is 0. The van der Waals surface area contributed by atoms with Crippen molar-refractivity contribution in [2.45, 2.75) is 6.54 Å². The molecule has 4 nitrogen and oxygen atoms in total. The second-order valence-electron chi connectivity index (χ2n) is 5.23. The number of hydrogen-bond donors (Lipinski definition) is 2. The van der Waals surface area contributed by atoms with Gasteiger partial charge in [0.05, 0.1) is 17.3 Å². The van der Waals surface area contributed by atoms with Crippen molar-refractivity contribution in [3.05, 3.63) is 74.8 Å². The molecule has 2 aromatic carbocycles. The van der Waals surface area contributed by atoms with Crippen LogP contribution in [-0.4, -0.2) is 14.9 Å². The highest BCUT2D eigenvalue weighted by Crippen LogP contribution is 2.25. The van der Waals surface area contributed by atoms with E-state index in [1.165, 1.54) is 0 Å². The lowest BCUT2D eigenvalue weighted by atomic mass is 10.2. The van der Waals surface area contributed by atoms with Crippen LogP contribution in [0.2, 0.25) is 10.0 Å². The van der Waals surface area contributed by atoms with Gasteiger partial charge in [0.25, 0.3) is 0 Å². The van der Waals surface area contributed by atoms with Crippen LogP contribution in [-0.2, 0) is 6.54 Å². The number of aromatic nitrogens is 2. The summed E-state index contributed by atoms with van der Waals surface area (Å²) < 4.78 is 2.73. The average Bonchev–Trinajstić information content (AvgIpc) is 2.99. The van der Waals surface area contributed by atoms with Crippen molar-refractivity contribution < 1.29 is 0 Å². The van der Waals surface area contributed by atoms with Crippen LogP contribution < -0.4 is 10.6 Å². The van der Waals surface area contributed by atoms with Crippen LogP contribution in [0.5, 0.6) is 0 Å². The Kier molecular flexibility index (Phi) is 5.96. The SMILES string of the molecule is S=C(Nc1ccn(Cc2ccc(Cl)cc2)n1)Nc1ccc(Br)cc1Cl. The minimum absolute atomic E-state index is 0.418. The molecule has 3 rings (SSSR count). The van der Waals surface area contributed by atoms with Crippen molar-refractivity contribution in [3.63, 3.8) is 0 Å². The molecular formula is C17H13BrCl2N4S. The fourth-order valence-electron chi connectivity index (χ4n) is 2.15. The largest absolute Gasteiger partial charge is 0.331 e. The molecule has 0 aliphatic rings. The van der Waals surface area contributed by atoms with Gasteiger partial charge in [-0.3, -0.25) is 4.68 Å². The Morgan fingerprint density at radius 2 is 1.84 bits per heavy atom. The lowest BCUT2D eigenvalue weighted by Crippen LogP contribution is -2.19. The quantitative estimate of drug-likeness (QED) is 0.487. The molecule has 0 fully saturated rings. The van der Waals surface area contributed by atoms with Gasteiger partial charge in [0.1, 0.15) is 0 Å². The molecule has 2 N–H and O–H groups in total. The summed E-state index contributed by atoms with van der Waals surface area (Å²) in [6.07, 6.45) is 1.88. The summed E-state index contributed by atoms with van der Waals surface area (Å²) in [5, 5.41) is 12.3. The lowest BCUT2D eigenvalue weighted by Gasteiger charge is -2.10. The van der Waals surface area contributed by atoms with E-state index in [1.54, 1.807) is 6.07 Å². The number of benzene rings is 2. The zero-order valence-corrected chi connectivity index (χ0v) is 16.8. The van der Waals surface area contributed by atoms with Crippen LogP contribution >= 0.6 is 51.3 Å². The van der Waals surface area contributed by atoms with Crippen LogP contribution in [0.3, 0.4) is 0 Å². The van der Waals surface area contributed by atoms with E-state index >= 15 is 0 Å². The van der Waals surface area contributed by atoms with Gasteiger partial charge < -0.3 is 10.6 Å². The van der Waals surface area contributed by atoms with Crippen molar-refractivity contribution >= 4 is 68.0 Å². The van der Waals surface area contributed by atoms with Crippen molar-refractivity contribution in [3.8, 4) is 0 Å². The molecule has 0 saturated heterocycles. The standard InChI is InChI=1S/C17H13BrCl2N4S/c18-12-3-6-15(14(20)9-12)21-17(25)22-16-7-8-24(23-16)10-11-1-4-13(19)5-2-11/h1-9H,10H2,(H2,21,22,23,25). The number of nitrogens with zero attached hydrogens (tertiary/aromatic N) is 2. The van der Waals surface area contributed by atoms with Crippen LogP contribution in [0.4, 0.5) is 11.5 Å². The van der Waals surface area contributed by atoms with Crippen molar-refractivity contribution in [1.29, 1.82) is 0 Å². The summed E-state index contributed by atoms with van der Waals surface area (Å²) in [6.45, 7) is 0.650. The molecule has 128 valence electrons. The van der Waals surface area contributed by atoms with Crippen LogP contribution in [0, 0.1) is 0 Å². The Balaban J connectivity index is 1.60. The Bertz CT molecular complexity index is 896. The predicted molar refractivity (Wildman–Crippen MR) is 112 cm³/mol. The molecule has 0 amide bonds. The molecule has 0 saturated carbocycles. The number of halogens is 3. The zero-order valence-electron chi connectivity index (χ0n) is 12.8. The van der Waals surface area contributed by atoms with Crippen molar-refractivity contribution in [2.24, 2.45) is 0 Å². The van der Waals surface area contributed by atoms with Crippen LogP contribution in [0.25, 0.3) is 0 Å². The molecule has 0 radical (unpaired) electrons. The topological polar surface area (TPSA) is 41.9 Å². The second-order valence-corrected chi connectivity index (χ2v) is 7.40. The van der Waals surface area contributed by atoms with Gasteiger partial charge in [-0.15, -0.1) is 0 Å². The Morgan fingerprint density at radius 3 is 2.56 bits per heavy atom. The van der Waals surface area contributed by atoms with E-state index in [0.717, 1.165) is 20.7 Å². The summed E-state index contributed by atoms with van der Waals surface area (Å²) in [5.41, 5.74) is 1.84. The molecule has 1 heterocycles. The van der Waals surface area contributed by atoms with E-state index in [9.17, 15) is 0 Å². The molecule has 0 spiro atoms. The molecule has 0 aliphatic carbocycles. The first kappa shape index (κ1) is 18.2. The van der Waals surface area contributed by atoms with Gasteiger partial charge in [0.2, 0.25) is 0 Å². The molecule has 0 atom stereocenters. The van der Waals surface area contributed by atoms with Crippen molar-refractivity contribution in [2.75, 3.05) is 10.6 Å². The maximum Gasteiger partial charge on any atom is 0.176 e. The first-order valence-corrected chi connectivity index (χ1v) is 9.26. The van der Waals surface area contributed by atoms with E-state index in [0.29, 0.717) is 22.5 Å². The van der Waals surface area contributed by atoms with Gasteiger partial charge in [-0.05, 0) is 48.1 Å². The Morgan fingerprint density at radius 1 is 1.08 bits per heavy atom. The Labute approximate surface area is 169 Å². The first-order valence-electron chi connectivity index (χ1n) is 7.30. The smallest absolute Gasteiger partial charge is 0.176 e. The highest BCUT2D eigenvalue weighted by atomic mass is 79.9. The summed E-state index contributed by atoms with van der Waals surface area (Å²) in [4.78, 5) is 0. The second kappa shape index (κ2) is 8.19. The highest BCUT2D eigenvalue weighted by Gasteiger charge is 2.06. The molecular weight excluding hydrogens is 443 g/mol. The fourth-order valence-corrected chi connectivity index (χ4v) is 3.22. The normalized spacial score (nSPS) is 10.5. The minimum Gasteiger partial charge on any atom is -0.331 e. The summed E-state index contributed by atoms with van der Waals surface area (Å²) in [6, 6.07) is 15.1. The number of hydrogen-bond acceptors (Lipinski definition) is 2. The maximum atomic E-state index is 6.17. The third kappa shape index (κ3) is 5.19. The Hall–Kier alpha value is -1.60. The monoisotopic (exact) mass is 454 g/mol.